The molecule has 3 aliphatic heterocycles. The van der Waals surface area contributed by atoms with Crippen molar-refractivity contribution in [3.63, 3.8) is 0 Å². The van der Waals surface area contributed by atoms with Crippen molar-refractivity contribution in [1.29, 1.82) is 0 Å². The third kappa shape index (κ3) is 6.05. The Morgan fingerprint density at radius 3 is 2.53 bits per heavy atom. The molecule has 5 N–H and O–H groups in total. The van der Waals surface area contributed by atoms with Gasteiger partial charge in [-0.05, 0) is 59.5 Å². The van der Waals surface area contributed by atoms with Gasteiger partial charge < -0.3 is 35.2 Å². The number of imidazole rings is 1. The number of hydrogen-bond donors (Lipinski definition) is 4. The van der Waals surface area contributed by atoms with Crippen LogP contribution in [0.1, 0.15) is 44.7 Å². The summed E-state index contributed by atoms with van der Waals surface area (Å²) in [5.74, 6) is -0.370. The maximum absolute atomic E-state index is 13.6. The number of carboxylic acid groups (broad SMARTS) is 1. The summed E-state index contributed by atoms with van der Waals surface area (Å²) in [6, 6.07) is 24.5. The molecular formula is C40H35N8O5+. The molecule has 2 aromatic heterocycles. The number of benzene rings is 4. The largest absolute Gasteiger partial charge is 0.478 e. The summed E-state index contributed by atoms with van der Waals surface area (Å²) in [6.07, 6.45) is 3.79. The number of carbonyl (C=O) groups is 2. The number of fused-ring (bicyclic) bond motifs is 3. The Labute approximate surface area is 302 Å². The number of carbonyl (C=O) groups excluding carboxylic acids is 1. The summed E-state index contributed by atoms with van der Waals surface area (Å²) in [5, 5.41) is 15.2. The van der Waals surface area contributed by atoms with Crippen LogP contribution in [0.2, 0.25) is 0 Å². The van der Waals surface area contributed by atoms with Gasteiger partial charge >= 0.3 is 5.97 Å². The molecule has 13 heteroatoms. The van der Waals surface area contributed by atoms with Gasteiger partial charge in [0.05, 0.1) is 24.4 Å². The first kappa shape index (κ1) is 32.2. The van der Waals surface area contributed by atoms with Crippen LogP contribution in [-0.2, 0) is 13.2 Å². The number of aromatic nitrogens is 4. The Morgan fingerprint density at radius 2 is 1.77 bits per heavy atom. The zero-order chi connectivity index (χ0) is 36.1. The minimum atomic E-state index is -1.08. The molecule has 0 saturated carbocycles. The number of anilines is 2. The van der Waals surface area contributed by atoms with Crippen molar-refractivity contribution in [1.82, 2.24) is 29.8 Å². The Morgan fingerprint density at radius 1 is 0.943 bits per heavy atom. The highest BCUT2D eigenvalue weighted by atomic mass is 16.5. The second-order valence-corrected chi connectivity index (χ2v) is 13.4. The van der Waals surface area contributed by atoms with Crippen molar-refractivity contribution in [2.24, 2.45) is 0 Å². The second-order valence-electron chi connectivity index (χ2n) is 13.4. The van der Waals surface area contributed by atoms with E-state index in [9.17, 15) is 14.7 Å². The molecule has 1 aliphatic carbocycles. The van der Waals surface area contributed by atoms with Crippen LogP contribution in [0.25, 0.3) is 44.6 Å². The summed E-state index contributed by atoms with van der Waals surface area (Å²) >= 11 is 0. The molecule has 9 rings (SSSR count). The van der Waals surface area contributed by atoms with Crippen molar-refractivity contribution in [2.75, 3.05) is 36.8 Å². The minimum absolute atomic E-state index is 0.0841. The lowest BCUT2D eigenvalue weighted by atomic mass is 9.89. The van der Waals surface area contributed by atoms with Crippen LogP contribution in [0.3, 0.4) is 0 Å². The summed E-state index contributed by atoms with van der Waals surface area (Å²) < 4.78 is 14.7. The van der Waals surface area contributed by atoms with Gasteiger partial charge in [-0.25, -0.2) is 14.4 Å². The molecule has 0 unspecified atom stereocenters. The molecule has 2 saturated heterocycles. The Kier molecular flexibility index (Phi) is 7.95. The van der Waals surface area contributed by atoms with E-state index in [0.717, 1.165) is 72.1 Å². The number of hydrogen-bond acceptors (Lipinski definition) is 9. The molecule has 0 radical (unpaired) electrons. The molecule has 2 fully saturated rings. The van der Waals surface area contributed by atoms with E-state index in [4.69, 9.17) is 14.9 Å². The van der Waals surface area contributed by atoms with Gasteiger partial charge in [0.2, 0.25) is 17.2 Å². The van der Waals surface area contributed by atoms with Crippen molar-refractivity contribution in [2.45, 2.75) is 26.0 Å². The van der Waals surface area contributed by atoms with E-state index in [1.165, 1.54) is 12.4 Å². The Hall–Kier alpha value is -6.76. The number of nitrogens with zero attached hydrogens (tertiary/aromatic N) is 5. The van der Waals surface area contributed by atoms with Crippen LogP contribution in [0.15, 0.2) is 89.6 Å². The van der Waals surface area contributed by atoms with E-state index in [1.807, 2.05) is 48.5 Å². The standard InChI is InChI=1S/C40H34N8O5/c41-40-45-36-35(43-22-44-36)38(46-40)52-21-24-5-3-23(4-6-24)20-42-37(49)25-7-10-28(39(50)51)31(17-25)34-29-11-8-26(47-13-1-14-47)18-32(29)53-33-19-27(9-12-30(33)34)48-15-2-16-48/h3-12,17-19,22H,1-2,13-16,20-21H2,(H4-,41,42,43,44,45,46,49,50,51)/p+1. The topological polar surface area (TPSA) is 176 Å². The van der Waals surface area contributed by atoms with Crippen molar-refractivity contribution in [3.05, 3.63) is 113 Å². The van der Waals surface area contributed by atoms with E-state index < -0.39 is 5.97 Å². The van der Waals surface area contributed by atoms with Crippen LogP contribution >= 0.6 is 0 Å². The quantitative estimate of drug-likeness (QED) is 0.117. The number of nitrogens with two attached hydrogens (primary N) is 1. The molecule has 13 nitrogen and oxygen atoms in total. The van der Waals surface area contributed by atoms with Gasteiger partial charge in [0, 0.05) is 59.5 Å². The fourth-order valence-electron chi connectivity index (χ4n) is 6.89. The van der Waals surface area contributed by atoms with Crippen molar-refractivity contribution in [3.8, 4) is 28.3 Å². The number of ether oxygens (including phenoxy) is 1. The highest BCUT2D eigenvalue weighted by Crippen LogP contribution is 2.42. The van der Waals surface area contributed by atoms with Gasteiger partial charge in [-0.1, -0.05) is 24.3 Å². The number of aromatic carboxylic acids is 1. The second kappa shape index (κ2) is 13.1. The number of H-pyrrole nitrogens is 1. The minimum Gasteiger partial charge on any atom is -0.478 e. The SMILES string of the molecule is Nc1nc(OCc2ccc(CNC(=O)c3ccc(C(=O)O)c(-c4c5ccc(=[N+]6CCC6)cc-5oc5cc(N6CCC6)ccc45)c3)cc2)c2nc[nH]c2n1. The molecule has 0 spiro atoms. The third-order valence-corrected chi connectivity index (χ3v) is 10.0. The molecule has 264 valence electrons. The van der Waals surface area contributed by atoms with E-state index >= 15 is 0 Å². The fourth-order valence-corrected chi connectivity index (χ4v) is 6.89. The lowest BCUT2D eigenvalue weighted by molar-refractivity contribution is 0.0697. The van der Waals surface area contributed by atoms with Crippen LogP contribution in [0, 0.1) is 0 Å². The van der Waals surface area contributed by atoms with Crippen LogP contribution in [-0.4, -0.2) is 63.1 Å². The van der Waals surface area contributed by atoms with Crippen molar-refractivity contribution >= 4 is 45.6 Å². The summed E-state index contributed by atoms with van der Waals surface area (Å²) in [7, 11) is 0. The smallest absolute Gasteiger partial charge is 0.336 e. The van der Waals surface area contributed by atoms with E-state index in [2.05, 4.69) is 46.9 Å². The predicted molar refractivity (Wildman–Crippen MR) is 200 cm³/mol. The number of nitrogen functional groups attached to an aromatic ring is 1. The highest BCUT2D eigenvalue weighted by Gasteiger charge is 2.26. The summed E-state index contributed by atoms with van der Waals surface area (Å²) in [4.78, 5) is 44.0. The first-order valence-corrected chi connectivity index (χ1v) is 17.5. The molecule has 5 heterocycles. The molecule has 0 bridgehead atoms. The first-order chi connectivity index (χ1) is 25.9. The fraction of sp³-hybridized carbons (Fsp3) is 0.200. The summed E-state index contributed by atoms with van der Waals surface area (Å²) in [5.41, 5.74) is 12.7. The molecule has 5 aromatic rings. The molecule has 4 aliphatic rings. The van der Waals surface area contributed by atoms with Gasteiger partial charge in [-0.15, -0.1) is 0 Å². The van der Waals surface area contributed by atoms with Crippen molar-refractivity contribution < 1.29 is 23.8 Å². The van der Waals surface area contributed by atoms with Gasteiger partial charge in [0.15, 0.2) is 11.2 Å². The number of aromatic amines is 1. The summed E-state index contributed by atoms with van der Waals surface area (Å²) in [6.45, 7) is 4.44. The molecule has 0 atom stereocenters. The number of amides is 1. The Bertz CT molecular complexity index is 2600. The zero-order valence-electron chi connectivity index (χ0n) is 28.6. The monoisotopic (exact) mass is 707 g/mol. The average Bonchev–Trinajstić information content (AvgIpc) is 3.59. The normalized spacial score (nSPS) is 14.0. The van der Waals surface area contributed by atoms with Crippen LogP contribution < -0.4 is 30.6 Å². The van der Waals surface area contributed by atoms with E-state index in [-0.39, 0.29) is 36.5 Å². The number of carboxylic acids is 1. The molecule has 53 heavy (non-hydrogen) atoms. The van der Waals surface area contributed by atoms with Gasteiger partial charge in [0.25, 0.3) is 5.91 Å². The van der Waals surface area contributed by atoms with Gasteiger partial charge in [-0.2, -0.15) is 9.97 Å². The maximum atomic E-state index is 13.6. The van der Waals surface area contributed by atoms with Gasteiger partial charge in [0.1, 0.15) is 31.0 Å². The molecule has 1 amide bonds. The third-order valence-electron chi connectivity index (χ3n) is 10.0. The molecular weight excluding hydrogens is 672 g/mol. The number of nitrogens with one attached hydrogen (secondary N) is 2. The zero-order valence-corrected chi connectivity index (χ0v) is 28.6. The van der Waals surface area contributed by atoms with Crippen LogP contribution in [0.5, 0.6) is 5.88 Å². The van der Waals surface area contributed by atoms with E-state index in [1.54, 1.807) is 12.1 Å². The Balaban J connectivity index is 1.00. The maximum Gasteiger partial charge on any atom is 0.336 e. The van der Waals surface area contributed by atoms with Crippen LogP contribution in [0.4, 0.5) is 11.6 Å². The predicted octanol–water partition coefficient (Wildman–Crippen LogP) is 5.05. The van der Waals surface area contributed by atoms with Gasteiger partial charge in [-0.3, -0.25) is 4.79 Å². The average molecular weight is 708 g/mol. The van der Waals surface area contributed by atoms with E-state index in [0.29, 0.717) is 39.2 Å². The lowest BCUT2D eigenvalue weighted by Gasteiger charge is -2.33. The lowest BCUT2D eigenvalue weighted by Crippen LogP contribution is -2.40. The molecule has 3 aromatic carbocycles. The highest BCUT2D eigenvalue weighted by molar-refractivity contribution is 6.09. The first-order valence-electron chi connectivity index (χ1n) is 17.5. The number of rotatable bonds is 9.